The number of carbonyl (C=O) groups is 2. The molecule has 6 nitrogen and oxygen atoms in total. The third-order valence-electron chi connectivity index (χ3n) is 2.11. The van der Waals surface area contributed by atoms with Crippen molar-refractivity contribution >= 4 is 17.7 Å². The van der Waals surface area contributed by atoms with E-state index < -0.39 is 12.0 Å². The Hall–Kier alpha value is -2.55. The Morgan fingerprint density at radius 2 is 2.28 bits per heavy atom. The minimum Gasteiger partial charge on any atom is -0.480 e. The van der Waals surface area contributed by atoms with E-state index >= 15 is 0 Å². The van der Waals surface area contributed by atoms with E-state index in [0.29, 0.717) is 11.4 Å². The van der Waals surface area contributed by atoms with Crippen LogP contribution in [0.5, 0.6) is 0 Å². The van der Waals surface area contributed by atoms with Crippen molar-refractivity contribution in [2.45, 2.75) is 13.0 Å². The molecule has 1 heterocycles. The van der Waals surface area contributed by atoms with Crippen LogP contribution in [-0.4, -0.2) is 34.6 Å². The van der Waals surface area contributed by atoms with Gasteiger partial charge in [0.25, 0.3) is 5.91 Å². The highest BCUT2D eigenvalue weighted by atomic mass is 16.4. The first kappa shape index (κ1) is 13.5. The summed E-state index contributed by atoms with van der Waals surface area (Å²) in [7, 11) is 0. The van der Waals surface area contributed by atoms with Gasteiger partial charge in [0.15, 0.2) is 0 Å². The molecule has 0 fully saturated rings. The number of aromatic nitrogens is 1. The van der Waals surface area contributed by atoms with E-state index in [-0.39, 0.29) is 12.5 Å². The molecular weight excluding hydrogens is 234 g/mol. The first-order chi connectivity index (χ1) is 8.54. The van der Waals surface area contributed by atoms with Crippen molar-refractivity contribution in [1.82, 2.24) is 10.3 Å². The molecule has 0 spiro atoms. The van der Waals surface area contributed by atoms with Gasteiger partial charge in [-0.25, -0.2) is 4.98 Å². The van der Waals surface area contributed by atoms with Crippen molar-refractivity contribution in [3.63, 3.8) is 0 Å². The Kier molecular flexibility index (Phi) is 4.69. The van der Waals surface area contributed by atoms with Crippen LogP contribution in [0.1, 0.15) is 17.3 Å². The van der Waals surface area contributed by atoms with Gasteiger partial charge >= 0.3 is 5.97 Å². The molecule has 1 rings (SSSR count). The molecule has 1 aromatic heterocycles. The van der Waals surface area contributed by atoms with Crippen LogP contribution in [0.2, 0.25) is 0 Å². The standard InChI is InChI=1S/C12H13N3O3/c1-3-6-13-11(16)9-4-5-10(14-7-9)15-8(2)12(17)18/h1,4-5,7-8H,6H2,2H3,(H,13,16)(H,14,15)(H,17,18)/t8-/m1/s1. The third kappa shape index (κ3) is 3.79. The SMILES string of the molecule is C#CCNC(=O)c1ccc(N[C@H](C)C(=O)O)nc1. The zero-order valence-corrected chi connectivity index (χ0v) is 9.80. The maximum absolute atomic E-state index is 11.5. The number of nitrogens with one attached hydrogen (secondary N) is 2. The minimum absolute atomic E-state index is 0.148. The molecule has 0 aliphatic heterocycles. The van der Waals surface area contributed by atoms with Gasteiger partial charge in [0.05, 0.1) is 12.1 Å². The number of carboxylic acid groups (broad SMARTS) is 1. The number of carbonyl (C=O) groups excluding carboxylic acids is 1. The molecule has 0 radical (unpaired) electrons. The maximum atomic E-state index is 11.5. The molecular formula is C12H13N3O3. The predicted molar refractivity (Wildman–Crippen MR) is 66.1 cm³/mol. The third-order valence-corrected chi connectivity index (χ3v) is 2.11. The van der Waals surface area contributed by atoms with Gasteiger partial charge < -0.3 is 15.7 Å². The molecule has 18 heavy (non-hydrogen) atoms. The molecule has 1 amide bonds. The number of anilines is 1. The van der Waals surface area contributed by atoms with Crippen molar-refractivity contribution in [2.75, 3.05) is 11.9 Å². The molecule has 0 saturated carbocycles. The van der Waals surface area contributed by atoms with E-state index in [1.54, 1.807) is 0 Å². The molecule has 0 aromatic carbocycles. The number of amides is 1. The van der Waals surface area contributed by atoms with Crippen molar-refractivity contribution in [3.8, 4) is 12.3 Å². The summed E-state index contributed by atoms with van der Waals surface area (Å²) in [6, 6.07) is 2.32. The highest BCUT2D eigenvalue weighted by molar-refractivity contribution is 5.94. The smallest absolute Gasteiger partial charge is 0.325 e. The van der Waals surface area contributed by atoms with E-state index in [4.69, 9.17) is 11.5 Å². The van der Waals surface area contributed by atoms with E-state index in [2.05, 4.69) is 21.5 Å². The fraction of sp³-hybridized carbons (Fsp3) is 0.250. The number of rotatable bonds is 5. The van der Waals surface area contributed by atoms with E-state index in [9.17, 15) is 9.59 Å². The van der Waals surface area contributed by atoms with Crippen LogP contribution in [-0.2, 0) is 4.79 Å². The Labute approximate surface area is 104 Å². The lowest BCUT2D eigenvalue weighted by molar-refractivity contribution is -0.137. The summed E-state index contributed by atoms with van der Waals surface area (Å²) in [5.41, 5.74) is 0.360. The van der Waals surface area contributed by atoms with E-state index in [1.807, 2.05) is 0 Å². The van der Waals surface area contributed by atoms with Crippen molar-refractivity contribution in [2.24, 2.45) is 0 Å². The predicted octanol–water partition coefficient (Wildman–Crippen LogP) is 0.330. The number of pyridine rings is 1. The molecule has 0 aliphatic carbocycles. The van der Waals surface area contributed by atoms with Crippen LogP contribution in [0.4, 0.5) is 5.82 Å². The summed E-state index contributed by atoms with van der Waals surface area (Å²) < 4.78 is 0. The Morgan fingerprint density at radius 3 is 2.78 bits per heavy atom. The lowest BCUT2D eigenvalue weighted by Gasteiger charge is -2.09. The number of nitrogens with zero attached hydrogens (tertiary/aromatic N) is 1. The number of terminal acetylenes is 1. The first-order valence-electron chi connectivity index (χ1n) is 5.21. The van der Waals surface area contributed by atoms with Crippen molar-refractivity contribution in [3.05, 3.63) is 23.9 Å². The number of hydrogen-bond acceptors (Lipinski definition) is 4. The van der Waals surface area contributed by atoms with Crippen LogP contribution < -0.4 is 10.6 Å². The second kappa shape index (κ2) is 6.25. The van der Waals surface area contributed by atoms with Gasteiger partial charge in [-0.1, -0.05) is 5.92 Å². The topological polar surface area (TPSA) is 91.3 Å². The normalized spacial score (nSPS) is 11.1. The maximum Gasteiger partial charge on any atom is 0.325 e. The highest BCUT2D eigenvalue weighted by Crippen LogP contribution is 2.06. The van der Waals surface area contributed by atoms with Crippen molar-refractivity contribution in [1.29, 1.82) is 0 Å². The Balaban J connectivity index is 2.66. The van der Waals surface area contributed by atoms with E-state index in [0.717, 1.165) is 0 Å². The van der Waals surface area contributed by atoms with E-state index in [1.165, 1.54) is 25.3 Å². The van der Waals surface area contributed by atoms with Crippen LogP contribution >= 0.6 is 0 Å². The Morgan fingerprint density at radius 1 is 1.56 bits per heavy atom. The lowest BCUT2D eigenvalue weighted by atomic mass is 10.2. The zero-order valence-electron chi connectivity index (χ0n) is 9.80. The van der Waals surface area contributed by atoms with Crippen LogP contribution in [0, 0.1) is 12.3 Å². The minimum atomic E-state index is -0.979. The van der Waals surface area contributed by atoms with Crippen LogP contribution in [0.15, 0.2) is 18.3 Å². The average molecular weight is 247 g/mol. The van der Waals surface area contributed by atoms with Gasteiger partial charge in [-0.3, -0.25) is 9.59 Å². The summed E-state index contributed by atoms with van der Waals surface area (Å²) in [6.45, 7) is 1.65. The van der Waals surface area contributed by atoms with Crippen molar-refractivity contribution < 1.29 is 14.7 Å². The summed E-state index contributed by atoms with van der Waals surface area (Å²) >= 11 is 0. The fourth-order valence-electron chi connectivity index (χ4n) is 1.13. The monoisotopic (exact) mass is 247 g/mol. The van der Waals surface area contributed by atoms with Gasteiger partial charge in [0.1, 0.15) is 11.9 Å². The molecule has 0 bridgehead atoms. The zero-order chi connectivity index (χ0) is 13.5. The second-order valence-electron chi connectivity index (χ2n) is 3.52. The quantitative estimate of drug-likeness (QED) is 0.652. The van der Waals surface area contributed by atoms with Gasteiger partial charge in [-0.05, 0) is 19.1 Å². The summed E-state index contributed by atoms with van der Waals surface area (Å²) in [5.74, 6) is 1.38. The van der Waals surface area contributed by atoms with Crippen LogP contribution in [0.25, 0.3) is 0 Å². The number of aliphatic carboxylic acids is 1. The van der Waals surface area contributed by atoms with Gasteiger partial charge in [0, 0.05) is 6.20 Å². The van der Waals surface area contributed by atoms with Gasteiger partial charge in [0.2, 0.25) is 0 Å². The second-order valence-corrected chi connectivity index (χ2v) is 3.52. The Bertz CT molecular complexity index is 476. The fourth-order valence-corrected chi connectivity index (χ4v) is 1.13. The molecule has 1 aromatic rings. The number of carboxylic acids is 1. The summed E-state index contributed by atoms with van der Waals surface area (Å²) in [4.78, 5) is 26.1. The average Bonchev–Trinajstić information content (AvgIpc) is 2.36. The molecule has 0 aliphatic rings. The molecule has 3 N–H and O–H groups in total. The largest absolute Gasteiger partial charge is 0.480 e. The molecule has 6 heteroatoms. The molecule has 0 saturated heterocycles. The van der Waals surface area contributed by atoms with Crippen LogP contribution in [0.3, 0.4) is 0 Å². The van der Waals surface area contributed by atoms with Gasteiger partial charge in [-0.2, -0.15) is 0 Å². The highest BCUT2D eigenvalue weighted by Gasteiger charge is 2.11. The molecule has 94 valence electrons. The molecule has 1 atom stereocenters. The lowest BCUT2D eigenvalue weighted by Crippen LogP contribution is -2.26. The van der Waals surface area contributed by atoms with Gasteiger partial charge in [-0.15, -0.1) is 6.42 Å². The summed E-state index contributed by atoms with van der Waals surface area (Å²) in [5, 5.41) is 13.9. The summed E-state index contributed by atoms with van der Waals surface area (Å²) in [6.07, 6.45) is 6.37. The molecule has 0 unspecified atom stereocenters. The number of hydrogen-bond donors (Lipinski definition) is 3. The first-order valence-corrected chi connectivity index (χ1v) is 5.21.